The van der Waals surface area contributed by atoms with E-state index in [0.29, 0.717) is 6.54 Å². The highest BCUT2D eigenvalue weighted by Gasteiger charge is 2.26. The summed E-state index contributed by atoms with van der Waals surface area (Å²) in [6.07, 6.45) is 4.78. The minimum absolute atomic E-state index is 0.158. The number of fused-ring (bicyclic) bond motifs is 3. The third-order valence-corrected chi connectivity index (χ3v) is 5.16. The van der Waals surface area contributed by atoms with Crippen molar-refractivity contribution in [2.45, 2.75) is 25.9 Å². The Hall–Kier alpha value is -2.17. The van der Waals surface area contributed by atoms with Crippen LogP contribution in [-0.4, -0.2) is 34.6 Å². The fraction of sp³-hybridized carbons (Fsp3) is 0.350. The zero-order valence-corrected chi connectivity index (χ0v) is 14.4. The van der Waals surface area contributed by atoms with Gasteiger partial charge in [-0.05, 0) is 49.4 Å². The number of hydrogen-bond donors (Lipinski definition) is 1. The summed E-state index contributed by atoms with van der Waals surface area (Å²) in [6, 6.07) is 11.1. The van der Waals surface area contributed by atoms with E-state index in [-0.39, 0.29) is 6.04 Å². The van der Waals surface area contributed by atoms with E-state index in [1.165, 1.54) is 33.3 Å². The van der Waals surface area contributed by atoms with Crippen LogP contribution in [-0.2, 0) is 13.0 Å². The van der Waals surface area contributed by atoms with Gasteiger partial charge in [-0.2, -0.15) is 0 Å². The van der Waals surface area contributed by atoms with Gasteiger partial charge in [0.15, 0.2) is 0 Å². The van der Waals surface area contributed by atoms with Crippen molar-refractivity contribution in [1.29, 1.82) is 0 Å². The molecule has 1 atom stereocenters. The van der Waals surface area contributed by atoms with Crippen molar-refractivity contribution >= 4 is 10.9 Å². The molecule has 2 N–H and O–H groups in total. The molecule has 0 radical (unpaired) electrons. The Morgan fingerprint density at radius 2 is 2.00 bits per heavy atom. The third-order valence-electron chi connectivity index (χ3n) is 5.16. The first-order valence-corrected chi connectivity index (χ1v) is 8.60. The molecule has 0 amide bonds. The predicted molar refractivity (Wildman–Crippen MR) is 98.1 cm³/mol. The molecule has 0 bridgehead atoms. The Kier molecular flexibility index (Phi) is 3.87. The average Bonchev–Trinajstić information content (AvgIpc) is 2.90. The number of aromatic nitrogens is 2. The Balaban J connectivity index is 1.98. The van der Waals surface area contributed by atoms with Crippen LogP contribution in [0.1, 0.15) is 28.4 Å². The summed E-state index contributed by atoms with van der Waals surface area (Å²) in [7, 11) is 2.20. The lowest BCUT2D eigenvalue weighted by molar-refractivity contribution is 0.308. The van der Waals surface area contributed by atoms with E-state index in [0.717, 1.165) is 19.5 Å². The fourth-order valence-corrected chi connectivity index (χ4v) is 3.97. The molecular formula is C20H24N4. The van der Waals surface area contributed by atoms with Gasteiger partial charge in [-0.3, -0.25) is 4.98 Å². The van der Waals surface area contributed by atoms with Crippen LogP contribution in [0.2, 0.25) is 0 Å². The number of rotatable bonds is 3. The molecule has 4 heteroatoms. The number of benzene rings is 1. The van der Waals surface area contributed by atoms with E-state index >= 15 is 0 Å². The zero-order valence-electron chi connectivity index (χ0n) is 14.4. The molecule has 4 rings (SSSR count). The summed E-state index contributed by atoms with van der Waals surface area (Å²) in [4.78, 5) is 6.56. The van der Waals surface area contributed by atoms with Gasteiger partial charge in [0.1, 0.15) is 0 Å². The summed E-state index contributed by atoms with van der Waals surface area (Å²) in [5.41, 5.74) is 13.0. The van der Waals surface area contributed by atoms with Crippen molar-refractivity contribution in [3.8, 4) is 0 Å². The predicted octanol–water partition coefficient (Wildman–Crippen LogP) is 2.88. The molecule has 1 aliphatic rings. The van der Waals surface area contributed by atoms with E-state index in [4.69, 9.17) is 5.73 Å². The molecule has 4 nitrogen and oxygen atoms in total. The molecule has 0 saturated carbocycles. The van der Waals surface area contributed by atoms with E-state index in [1.807, 2.05) is 12.4 Å². The molecule has 0 fully saturated rings. The van der Waals surface area contributed by atoms with Crippen LogP contribution in [0.15, 0.2) is 42.7 Å². The molecule has 0 aliphatic carbocycles. The summed E-state index contributed by atoms with van der Waals surface area (Å²) in [5, 5.41) is 1.38. The lowest BCUT2D eigenvalue weighted by atomic mass is 10.0. The molecule has 0 saturated heterocycles. The molecule has 24 heavy (non-hydrogen) atoms. The first-order chi connectivity index (χ1) is 11.7. The minimum Gasteiger partial charge on any atom is -0.335 e. The number of likely N-dealkylation sites (N-methyl/N-ethyl adjacent to an activating group) is 1. The van der Waals surface area contributed by atoms with E-state index in [2.05, 4.69) is 58.8 Å². The first kappa shape index (κ1) is 15.4. The number of hydrogen-bond acceptors (Lipinski definition) is 3. The molecule has 3 heterocycles. The van der Waals surface area contributed by atoms with Crippen molar-refractivity contribution in [2.75, 3.05) is 20.1 Å². The summed E-state index contributed by atoms with van der Waals surface area (Å²) < 4.78 is 2.48. The third kappa shape index (κ3) is 2.43. The van der Waals surface area contributed by atoms with Gasteiger partial charge in [-0.1, -0.05) is 11.6 Å². The zero-order chi connectivity index (χ0) is 16.7. The molecule has 1 aromatic carbocycles. The highest BCUT2D eigenvalue weighted by Crippen LogP contribution is 2.35. The van der Waals surface area contributed by atoms with Crippen molar-refractivity contribution in [3.63, 3.8) is 0 Å². The monoisotopic (exact) mass is 320 g/mol. The summed E-state index contributed by atoms with van der Waals surface area (Å²) in [6.45, 7) is 4.86. The second kappa shape index (κ2) is 6.04. The topological polar surface area (TPSA) is 47.1 Å². The molecule has 3 aromatic rings. The van der Waals surface area contributed by atoms with Gasteiger partial charge in [0.25, 0.3) is 0 Å². The molecular weight excluding hydrogens is 296 g/mol. The van der Waals surface area contributed by atoms with Crippen LogP contribution in [0.3, 0.4) is 0 Å². The van der Waals surface area contributed by atoms with E-state index in [1.54, 1.807) is 0 Å². The van der Waals surface area contributed by atoms with Crippen LogP contribution in [0.25, 0.3) is 10.9 Å². The lowest BCUT2D eigenvalue weighted by Gasteiger charge is -2.27. The number of nitrogens with zero attached hydrogens (tertiary/aromatic N) is 3. The Bertz CT molecular complexity index is 866. The van der Waals surface area contributed by atoms with Gasteiger partial charge in [-0.25, -0.2) is 0 Å². The van der Waals surface area contributed by atoms with Crippen molar-refractivity contribution < 1.29 is 0 Å². The minimum atomic E-state index is 0.158. The number of aryl methyl sites for hydroxylation is 1. The van der Waals surface area contributed by atoms with Crippen molar-refractivity contribution in [3.05, 3.63) is 65.1 Å². The van der Waals surface area contributed by atoms with Gasteiger partial charge in [0.2, 0.25) is 0 Å². The van der Waals surface area contributed by atoms with Gasteiger partial charge in [0.05, 0.1) is 6.04 Å². The molecule has 2 aromatic heterocycles. The van der Waals surface area contributed by atoms with Crippen LogP contribution in [0.4, 0.5) is 0 Å². The Morgan fingerprint density at radius 1 is 1.21 bits per heavy atom. The van der Waals surface area contributed by atoms with Crippen LogP contribution >= 0.6 is 0 Å². The molecule has 124 valence electrons. The van der Waals surface area contributed by atoms with Crippen LogP contribution in [0, 0.1) is 6.92 Å². The number of nitrogens with two attached hydrogens (primary N) is 1. The van der Waals surface area contributed by atoms with Gasteiger partial charge >= 0.3 is 0 Å². The molecule has 0 spiro atoms. The quantitative estimate of drug-likeness (QED) is 0.807. The Labute approximate surface area is 142 Å². The summed E-state index contributed by atoms with van der Waals surface area (Å²) >= 11 is 0. The highest BCUT2D eigenvalue weighted by molar-refractivity contribution is 5.87. The SMILES string of the molecule is Cc1ccc2c(c1)c1c(n2C(CN)c2ccncc2)CCN(C)C1. The number of pyridine rings is 1. The fourth-order valence-electron chi connectivity index (χ4n) is 3.97. The second-order valence-electron chi connectivity index (χ2n) is 6.84. The lowest BCUT2D eigenvalue weighted by Crippen LogP contribution is -2.29. The first-order valence-electron chi connectivity index (χ1n) is 8.60. The maximum absolute atomic E-state index is 6.23. The van der Waals surface area contributed by atoms with Crippen molar-refractivity contribution in [2.24, 2.45) is 5.73 Å². The normalized spacial score (nSPS) is 16.3. The van der Waals surface area contributed by atoms with Crippen LogP contribution in [0.5, 0.6) is 0 Å². The van der Waals surface area contributed by atoms with Gasteiger partial charge < -0.3 is 15.2 Å². The van der Waals surface area contributed by atoms with Crippen molar-refractivity contribution in [1.82, 2.24) is 14.5 Å². The van der Waals surface area contributed by atoms with Gasteiger partial charge in [0, 0.05) is 55.0 Å². The molecule has 1 aliphatic heterocycles. The summed E-state index contributed by atoms with van der Waals surface area (Å²) in [5.74, 6) is 0. The molecule has 1 unspecified atom stereocenters. The van der Waals surface area contributed by atoms with E-state index < -0.39 is 0 Å². The highest BCUT2D eigenvalue weighted by atomic mass is 15.1. The maximum atomic E-state index is 6.23. The second-order valence-corrected chi connectivity index (χ2v) is 6.84. The maximum Gasteiger partial charge on any atom is 0.0712 e. The standard InChI is InChI=1S/C20H24N4/c1-14-3-4-18-16(11-14)17-13-23(2)10-7-19(17)24(18)20(12-21)15-5-8-22-9-6-15/h3-6,8-9,11,20H,7,10,12-13,21H2,1-2H3. The van der Waals surface area contributed by atoms with E-state index in [9.17, 15) is 0 Å². The smallest absolute Gasteiger partial charge is 0.0712 e. The van der Waals surface area contributed by atoms with Crippen LogP contribution < -0.4 is 5.73 Å². The largest absolute Gasteiger partial charge is 0.335 e. The van der Waals surface area contributed by atoms with Gasteiger partial charge in [-0.15, -0.1) is 0 Å². The Morgan fingerprint density at radius 3 is 2.75 bits per heavy atom. The average molecular weight is 320 g/mol.